The molecule has 0 aromatic carbocycles. The summed E-state index contributed by atoms with van der Waals surface area (Å²) in [6, 6.07) is 0.404. The Labute approximate surface area is 134 Å². The van der Waals surface area contributed by atoms with E-state index >= 15 is 0 Å². The number of ether oxygens (including phenoxy) is 2. The Morgan fingerprint density at radius 1 is 1.32 bits per heavy atom. The maximum Gasteiger partial charge on any atom is 0.319 e. The van der Waals surface area contributed by atoms with Gasteiger partial charge in [-0.1, -0.05) is 11.8 Å². The van der Waals surface area contributed by atoms with Gasteiger partial charge in [0, 0.05) is 13.5 Å². The van der Waals surface area contributed by atoms with Gasteiger partial charge in [0.25, 0.3) is 0 Å². The minimum atomic E-state index is -0.313. The van der Waals surface area contributed by atoms with Crippen molar-refractivity contribution in [3.63, 3.8) is 0 Å². The first-order valence-electron chi connectivity index (χ1n) is 7.85. The summed E-state index contributed by atoms with van der Waals surface area (Å²) in [4.78, 5) is 12.3. The van der Waals surface area contributed by atoms with Gasteiger partial charge in [-0.25, -0.2) is 4.68 Å². The number of hydrogen-bond donors (Lipinski definition) is 0. The highest BCUT2D eigenvalue weighted by Gasteiger charge is 2.31. The van der Waals surface area contributed by atoms with E-state index in [9.17, 15) is 4.79 Å². The molecule has 2 aliphatic rings. The fraction of sp³-hybridized carbons (Fsp3) is 0.857. The summed E-state index contributed by atoms with van der Waals surface area (Å²) in [7, 11) is 1.71. The largest absolute Gasteiger partial charge is 0.461 e. The second-order valence-electron chi connectivity index (χ2n) is 5.98. The van der Waals surface area contributed by atoms with Crippen molar-refractivity contribution in [1.82, 2.24) is 20.2 Å². The van der Waals surface area contributed by atoms with Crippen molar-refractivity contribution in [3.05, 3.63) is 0 Å². The highest BCUT2D eigenvalue weighted by Crippen LogP contribution is 2.37. The molecule has 1 heterocycles. The highest BCUT2D eigenvalue weighted by molar-refractivity contribution is 8.00. The molecule has 0 bridgehead atoms. The van der Waals surface area contributed by atoms with Gasteiger partial charge in [-0.3, -0.25) is 4.79 Å². The van der Waals surface area contributed by atoms with Gasteiger partial charge >= 0.3 is 5.97 Å². The minimum Gasteiger partial charge on any atom is -0.461 e. The van der Waals surface area contributed by atoms with Gasteiger partial charge in [0.2, 0.25) is 5.16 Å². The molecule has 0 unspecified atom stereocenters. The lowest BCUT2D eigenvalue weighted by molar-refractivity contribution is -0.151. The third-order valence-electron chi connectivity index (χ3n) is 4.16. The summed E-state index contributed by atoms with van der Waals surface area (Å²) >= 11 is 1.37. The van der Waals surface area contributed by atoms with E-state index in [1.165, 1.54) is 11.8 Å². The SMILES string of the molecule is CO[C@@H]1CCC[C@@H](OC(=O)[C@H](C)Sc2nnnn2C2CC2)C1. The Morgan fingerprint density at radius 2 is 2.09 bits per heavy atom. The average Bonchev–Trinajstić information content (AvgIpc) is 3.27. The first kappa shape index (κ1) is 15.7. The smallest absolute Gasteiger partial charge is 0.319 e. The van der Waals surface area contributed by atoms with E-state index in [0.29, 0.717) is 11.2 Å². The van der Waals surface area contributed by atoms with Crippen LogP contribution >= 0.6 is 11.8 Å². The predicted octanol–water partition coefficient (Wildman–Crippen LogP) is 1.99. The third kappa shape index (κ3) is 3.78. The molecule has 2 aliphatic carbocycles. The average molecular weight is 326 g/mol. The summed E-state index contributed by atoms with van der Waals surface area (Å²) in [5.41, 5.74) is 0. The number of thioether (sulfide) groups is 1. The van der Waals surface area contributed by atoms with E-state index in [0.717, 1.165) is 38.5 Å². The summed E-state index contributed by atoms with van der Waals surface area (Å²) in [5.74, 6) is -0.197. The van der Waals surface area contributed by atoms with Gasteiger partial charge < -0.3 is 9.47 Å². The van der Waals surface area contributed by atoms with Gasteiger partial charge in [0.1, 0.15) is 11.4 Å². The van der Waals surface area contributed by atoms with Crippen molar-refractivity contribution >= 4 is 17.7 Å². The van der Waals surface area contributed by atoms with Crippen molar-refractivity contribution in [1.29, 1.82) is 0 Å². The number of rotatable bonds is 6. The summed E-state index contributed by atoms with van der Waals surface area (Å²) in [6.07, 6.45) is 6.19. The van der Waals surface area contributed by atoms with E-state index in [1.54, 1.807) is 7.11 Å². The normalized spacial score (nSPS) is 26.6. The van der Waals surface area contributed by atoms with Crippen molar-refractivity contribution in [2.45, 2.75) is 74.1 Å². The molecule has 3 atom stereocenters. The molecule has 1 aromatic heterocycles. The fourth-order valence-corrected chi connectivity index (χ4v) is 3.55. The minimum absolute atomic E-state index is 0.0336. The number of tetrazole rings is 1. The van der Waals surface area contributed by atoms with Crippen LogP contribution in [0.4, 0.5) is 0 Å². The molecular weight excluding hydrogens is 304 g/mol. The first-order valence-corrected chi connectivity index (χ1v) is 8.73. The Kier molecular flexibility index (Phi) is 4.97. The Hall–Kier alpha value is -1.15. The predicted molar refractivity (Wildman–Crippen MR) is 80.6 cm³/mol. The number of hydrogen-bond acceptors (Lipinski definition) is 7. The molecule has 8 heteroatoms. The monoisotopic (exact) mass is 326 g/mol. The van der Waals surface area contributed by atoms with Crippen LogP contribution in [-0.4, -0.2) is 50.7 Å². The van der Waals surface area contributed by atoms with Crippen LogP contribution in [0.5, 0.6) is 0 Å². The number of carbonyl (C=O) groups is 1. The Balaban J connectivity index is 1.52. The second-order valence-corrected chi connectivity index (χ2v) is 7.29. The molecule has 7 nitrogen and oxygen atoms in total. The molecule has 0 amide bonds. The van der Waals surface area contributed by atoms with E-state index in [1.807, 2.05) is 11.6 Å². The van der Waals surface area contributed by atoms with Crippen LogP contribution in [0.15, 0.2) is 5.16 Å². The lowest BCUT2D eigenvalue weighted by atomic mass is 9.95. The summed E-state index contributed by atoms with van der Waals surface area (Å²) in [5, 5.41) is 12.1. The van der Waals surface area contributed by atoms with Crippen LogP contribution in [0.3, 0.4) is 0 Å². The molecule has 122 valence electrons. The molecule has 0 saturated heterocycles. The van der Waals surface area contributed by atoms with Gasteiger partial charge in [-0.15, -0.1) is 5.10 Å². The molecule has 0 radical (unpaired) electrons. The number of nitrogens with zero attached hydrogens (tertiary/aromatic N) is 4. The molecule has 1 aromatic rings. The topological polar surface area (TPSA) is 79.1 Å². The molecule has 2 fully saturated rings. The molecule has 0 N–H and O–H groups in total. The Morgan fingerprint density at radius 3 is 2.82 bits per heavy atom. The van der Waals surface area contributed by atoms with Gasteiger partial charge in [-0.2, -0.15) is 0 Å². The van der Waals surface area contributed by atoms with Gasteiger partial charge in [-0.05, 0) is 49.5 Å². The van der Waals surface area contributed by atoms with E-state index < -0.39 is 0 Å². The lowest BCUT2D eigenvalue weighted by Gasteiger charge is -2.28. The second kappa shape index (κ2) is 6.95. The zero-order valence-corrected chi connectivity index (χ0v) is 13.8. The third-order valence-corrected chi connectivity index (χ3v) is 5.19. The molecule has 2 saturated carbocycles. The standard InChI is InChI=1S/C14H22N4O3S/c1-9(22-14-15-16-17-18(14)10-6-7-10)13(19)21-12-5-3-4-11(8-12)20-2/h9-12H,3-8H2,1-2H3/t9-,11+,12+/m0/s1. The summed E-state index contributed by atoms with van der Waals surface area (Å²) in [6.45, 7) is 1.84. The van der Waals surface area contributed by atoms with Gasteiger partial charge in [0.05, 0.1) is 12.1 Å². The number of methoxy groups -OCH3 is 1. The van der Waals surface area contributed by atoms with Crippen LogP contribution in [0.25, 0.3) is 0 Å². The summed E-state index contributed by atoms with van der Waals surface area (Å²) < 4.78 is 12.8. The van der Waals surface area contributed by atoms with Crippen molar-refractivity contribution in [2.75, 3.05) is 7.11 Å². The van der Waals surface area contributed by atoms with Crippen LogP contribution in [0, 0.1) is 0 Å². The van der Waals surface area contributed by atoms with Crippen LogP contribution in [0.1, 0.15) is 51.5 Å². The fourth-order valence-electron chi connectivity index (χ4n) is 2.70. The van der Waals surface area contributed by atoms with Crippen LogP contribution in [-0.2, 0) is 14.3 Å². The quantitative estimate of drug-likeness (QED) is 0.584. The van der Waals surface area contributed by atoms with Crippen LogP contribution in [0.2, 0.25) is 0 Å². The maximum atomic E-state index is 12.3. The maximum absolute atomic E-state index is 12.3. The molecule has 3 rings (SSSR count). The van der Waals surface area contributed by atoms with Crippen molar-refractivity contribution in [2.24, 2.45) is 0 Å². The molecule has 0 spiro atoms. The lowest BCUT2D eigenvalue weighted by Crippen LogP contribution is -2.31. The highest BCUT2D eigenvalue weighted by atomic mass is 32.2. The number of esters is 1. The first-order chi connectivity index (χ1) is 10.7. The van der Waals surface area contributed by atoms with Crippen molar-refractivity contribution in [3.8, 4) is 0 Å². The zero-order valence-electron chi connectivity index (χ0n) is 13.0. The number of carbonyl (C=O) groups excluding carboxylic acids is 1. The van der Waals surface area contributed by atoms with Gasteiger partial charge in [0.15, 0.2) is 0 Å². The molecule has 0 aliphatic heterocycles. The van der Waals surface area contributed by atoms with E-state index in [2.05, 4.69) is 15.5 Å². The van der Waals surface area contributed by atoms with Crippen LogP contribution < -0.4 is 0 Å². The number of aromatic nitrogens is 4. The van der Waals surface area contributed by atoms with Crippen molar-refractivity contribution < 1.29 is 14.3 Å². The molecular formula is C14H22N4O3S. The molecule has 22 heavy (non-hydrogen) atoms. The van der Waals surface area contributed by atoms with E-state index in [-0.39, 0.29) is 23.4 Å². The Bertz CT molecular complexity index is 520. The van der Waals surface area contributed by atoms with E-state index in [4.69, 9.17) is 9.47 Å². The zero-order chi connectivity index (χ0) is 15.5.